The summed E-state index contributed by atoms with van der Waals surface area (Å²) >= 11 is 0. The third-order valence-corrected chi connectivity index (χ3v) is 10.2. The highest BCUT2D eigenvalue weighted by Gasteiger charge is 2.31. The van der Waals surface area contributed by atoms with Crippen molar-refractivity contribution < 1.29 is 22.7 Å². The van der Waals surface area contributed by atoms with Crippen molar-refractivity contribution in [1.29, 1.82) is 0 Å². The molecular weight excluding hydrogens is 562 g/mol. The van der Waals surface area contributed by atoms with Crippen LogP contribution in [0.2, 0.25) is 0 Å². The molecule has 0 aromatic heterocycles. The molecule has 0 saturated carbocycles. The van der Waals surface area contributed by atoms with Crippen molar-refractivity contribution in [3.63, 3.8) is 0 Å². The number of benzene rings is 3. The Morgan fingerprint density at radius 2 is 1.51 bits per heavy atom. The quantitative estimate of drug-likeness (QED) is 0.314. The fraction of sp³-hybridized carbons (Fsp3) is 0.412. The smallest absolute Gasteiger partial charge is 0.243 e. The van der Waals surface area contributed by atoms with Gasteiger partial charge < -0.3 is 15.0 Å². The highest BCUT2D eigenvalue weighted by Crippen LogP contribution is 2.22. The molecule has 8 nitrogen and oxygen atoms in total. The molecule has 0 bridgehead atoms. The Balaban J connectivity index is 1.33. The molecule has 2 heterocycles. The first kappa shape index (κ1) is 30.9. The van der Waals surface area contributed by atoms with Gasteiger partial charge in [0.2, 0.25) is 21.8 Å². The fourth-order valence-electron chi connectivity index (χ4n) is 5.77. The Bertz CT molecular complexity index is 1440. The molecular formula is C34H41N3O5S. The summed E-state index contributed by atoms with van der Waals surface area (Å²) in [6.45, 7) is 2.54. The number of sulfonamides is 1. The van der Waals surface area contributed by atoms with E-state index in [9.17, 15) is 18.0 Å². The summed E-state index contributed by atoms with van der Waals surface area (Å²) in [4.78, 5) is 29.6. The Hall–Kier alpha value is -3.53. The molecule has 228 valence electrons. The van der Waals surface area contributed by atoms with Gasteiger partial charge in [-0.15, -0.1) is 0 Å². The molecule has 0 unspecified atom stereocenters. The van der Waals surface area contributed by atoms with Crippen molar-refractivity contribution in [2.45, 2.75) is 68.5 Å². The average Bonchev–Trinajstić information content (AvgIpc) is 3.77. The summed E-state index contributed by atoms with van der Waals surface area (Å²) in [6, 6.07) is 25.6. The van der Waals surface area contributed by atoms with Crippen LogP contribution in [-0.4, -0.2) is 67.8 Å². The van der Waals surface area contributed by atoms with Gasteiger partial charge in [-0.2, -0.15) is 4.31 Å². The van der Waals surface area contributed by atoms with E-state index >= 15 is 0 Å². The summed E-state index contributed by atoms with van der Waals surface area (Å²) in [6.07, 6.45) is 4.68. The van der Waals surface area contributed by atoms with Crippen molar-refractivity contribution in [3.05, 3.63) is 102 Å². The summed E-state index contributed by atoms with van der Waals surface area (Å²) in [5.41, 5.74) is 2.79. The van der Waals surface area contributed by atoms with Crippen LogP contribution < -0.4 is 5.32 Å². The molecule has 43 heavy (non-hydrogen) atoms. The number of carbonyl (C=O) groups is 2. The minimum absolute atomic E-state index is 0.00291. The largest absolute Gasteiger partial charge is 0.376 e. The molecule has 2 fully saturated rings. The fourth-order valence-corrected chi connectivity index (χ4v) is 7.29. The lowest BCUT2D eigenvalue weighted by Crippen LogP contribution is -2.51. The van der Waals surface area contributed by atoms with Gasteiger partial charge >= 0.3 is 0 Å². The molecule has 1 N–H and O–H groups in total. The second kappa shape index (κ2) is 14.8. The number of hydrogen-bond donors (Lipinski definition) is 1. The van der Waals surface area contributed by atoms with Crippen LogP contribution in [0, 0.1) is 0 Å². The third kappa shape index (κ3) is 8.31. The van der Waals surface area contributed by atoms with E-state index in [0.29, 0.717) is 45.6 Å². The molecule has 0 aliphatic carbocycles. The van der Waals surface area contributed by atoms with Crippen LogP contribution in [0.25, 0.3) is 0 Å². The van der Waals surface area contributed by atoms with E-state index in [1.807, 2.05) is 60.7 Å². The SMILES string of the molecule is O=C(NC[C@H]1CCCO1)[C@H](Cc1ccccc1)N(Cc1ccccc1)C(=O)CCc1ccc(S(=O)(=O)N2CCCC2)cc1. The van der Waals surface area contributed by atoms with Gasteiger partial charge in [0.1, 0.15) is 6.04 Å². The zero-order valence-electron chi connectivity index (χ0n) is 24.6. The predicted octanol–water partition coefficient (Wildman–Crippen LogP) is 4.34. The van der Waals surface area contributed by atoms with Crippen LogP contribution in [0.5, 0.6) is 0 Å². The number of ether oxygens (including phenoxy) is 1. The Kier molecular flexibility index (Phi) is 10.6. The monoisotopic (exact) mass is 603 g/mol. The van der Waals surface area contributed by atoms with Gasteiger partial charge in [-0.05, 0) is 60.9 Å². The standard InChI is InChI=1S/C34H41N3O5S/c38-33(20-17-27-15-18-31(19-16-27)43(40,41)36-21-7-8-22-36)37(26-29-12-5-2-6-13-29)32(24-28-10-3-1-4-11-28)34(39)35-25-30-14-9-23-42-30/h1-6,10-13,15-16,18-19,30,32H,7-9,14,17,20-26H2,(H,35,39)/t30-,32+/m1/s1. The maximum Gasteiger partial charge on any atom is 0.243 e. The average molecular weight is 604 g/mol. The summed E-state index contributed by atoms with van der Waals surface area (Å²) in [7, 11) is -3.49. The van der Waals surface area contributed by atoms with Gasteiger partial charge in [-0.25, -0.2) is 8.42 Å². The first-order valence-electron chi connectivity index (χ1n) is 15.3. The molecule has 2 amide bonds. The molecule has 2 atom stereocenters. The highest BCUT2D eigenvalue weighted by atomic mass is 32.2. The normalized spacial score (nSPS) is 17.9. The zero-order valence-corrected chi connectivity index (χ0v) is 25.4. The van der Waals surface area contributed by atoms with Crippen LogP contribution in [0.15, 0.2) is 89.8 Å². The van der Waals surface area contributed by atoms with Crippen molar-refractivity contribution in [3.8, 4) is 0 Å². The molecule has 2 saturated heterocycles. The lowest BCUT2D eigenvalue weighted by Gasteiger charge is -2.32. The van der Waals surface area contributed by atoms with E-state index in [-0.39, 0.29) is 29.2 Å². The van der Waals surface area contributed by atoms with E-state index in [1.54, 1.807) is 29.2 Å². The topological polar surface area (TPSA) is 96.0 Å². The van der Waals surface area contributed by atoms with Crippen LogP contribution in [0.3, 0.4) is 0 Å². The Labute approximate surface area is 255 Å². The van der Waals surface area contributed by atoms with Crippen LogP contribution in [0.4, 0.5) is 0 Å². The maximum atomic E-state index is 13.9. The van der Waals surface area contributed by atoms with Crippen LogP contribution in [0.1, 0.15) is 48.8 Å². The van der Waals surface area contributed by atoms with Crippen LogP contribution in [-0.2, 0) is 43.7 Å². The van der Waals surface area contributed by atoms with Gasteiger partial charge in [0, 0.05) is 45.6 Å². The minimum Gasteiger partial charge on any atom is -0.376 e. The van der Waals surface area contributed by atoms with Gasteiger partial charge in [0.25, 0.3) is 0 Å². The molecule has 0 radical (unpaired) electrons. The van der Waals surface area contributed by atoms with Crippen molar-refractivity contribution >= 4 is 21.8 Å². The Morgan fingerprint density at radius 1 is 0.860 bits per heavy atom. The molecule has 9 heteroatoms. The lowest BCUT2D eigenvalue weighted by molar-refractivity contribution is -0.141. The van der Waals surface area contributed by atoms with E-state index in [4.69, 9.17) is 4.74 Å². The number of hydrogen-bond acceptors (Lipinski definition) is 5. The van der Waals surface area contributed by atoms with Crippen molar-refractivity contribution in [2.24, 2.45) is 0 Å². The van der Waals surface area contributed by atoms with Gasteiger partial charge in [-0.3, -0.25) is 9.59 Å². The molecule has 0 spiro atoms. The first-order chi connectivity index (χ1) is 20.9. The Morgan fingerprint density at radius 3 is 2.14 bits per heavy atom. The highest BCUT2D eigenvalue weighted by molar-refractivity contribution is 7.89. The summed E-state index contributed by atoms with van der Waals surface area (Å²) in [5, 5.41) is 3.06. The maximum absolute atomic E-state index is 13.9. The minimum atomic E-state index is -3.49. The van der Waals surface area contributed by atoms with E-state index in [0.717, 1.165) is 42.4 Å². The van der Waals surface area contributed by atoms with Gasteiger partial charge in [-0.1, -0.05) is 72.8 Å². The molecule has 3 aromatic rings. The molecule has 3 aromatic carbocycles. The number of rotatable bonds is 13. The van der Waals surface area contributed by atoms with Gasteiger partial charge in [0.15, 0.2) is 0 Å². The summed E-state index contributed by atoms with van der Waals surface area (Å²) in [5.74, 6) is -0.328. The van der Waals surface area contributed by atoms with E-state index in [1.165, 1.54) is 4.31 Å². The number of aryl methyl sites for hydroxylation is 1. The second-order valence-corrected chi connectivity index (χ2v) is 13.3. The summed E-state index contributed by atoms with van der Waals surface area (Å²) < 4.78 is 33.1. The zero-order chi connectivity index (χ0) is 30.1. The number of amides is 2. The predicted molar refractivity (Wildman–Crippen MR) is 166 cm³/mol. The number of nitrogens with zero attached hydrogens (tertiary/aromatic N) is 2. The lowest BCUT2D eigenvalue weighted by atomic mass is 10.0. The van der Waals surface area contributed by atoms with Crippen LogP contribution >= 0.6 is 0 Å². The van der Waals surface area contributed by atoms with Gasteiger partial charge in [0.05, 0.1) is 11.0 Å². The van der Waals surface area contributed by atoms with Crippen molar-refractivity contribution in [2.75, 3.05) is 26.2 Å². The number of carbonyl (C=O) groups excluding carboxylic acids is 2. The second-order valence-electron chi connectivity index (χ2n) is 11.3. The van der Waals surface area contributed by atoms with Crippen molar-refractivity contribution in [1.82, 2.24) is 14.5 Å². The molecule has 2 aliphatic rings. The molecule has 5 rings (SSSR count). The van der Waals surface area contributed by atoms with E-state index in [2.05, 4.69) is 5.32 Å². The first-order valence-corrected chi connectivity index (χ1v) is 16.7. The number of nitrogens with one attached hydrogen (secondary N) is 1. The third-order valence-electron chi connectivity index (χ3n) is 8.25. The van der Waals surface area contributed by atoms with E-state index < -0.39 is 16.1 Å². The molecule has 2 aliphatic heterocycles.